The second kappa shape index (κ2) is 6.49. The van der Waals surface area contributed by atoms with Gasteiger partial charge in [-0.1, -0.05) is 26.2 Å². The van der Waals surface area contributed by atoms with Gasteiger partial charge in [-0.15, -0.1) is 0 Å². The third-order valence-electron chi connectivity index (χ3n) is 4.18. The second-order valence-electron chi connectivity index (χ2n) is 5.14. The molecule has 0 radical (unpaired) electrons. The zero-order valence-electron chi connectivity index (χ0n) is 10.6. The number of ether oxygens (including phenoxy) is 1. The van der Waals surface area contributed by atoms with Crippen molar-refractivity contribution in [1.82, 2.24) is 5.32 Å². The van der Waals surface area contributed by atoms with Crippen LogP contribution in [-0.2, 0) is 4.74 Å². The van der Waals surface area contributed by atoms with Crippen LogP contribution in [0.2, 0.25) is 0 Å². The Morgan fingerprint density at radius 2 is 1.93 bits per heavy atom. The molecular formula is C13H27NO. The predicted octanol–water partition coefficient (Wildman–Crippen LogP) is 2.83. The third kappa shape index (κ3) is 3.46. The first-order valence-corrected chi connectivity index (χ1v) is 6.39. The van der Waals surface area contributed by atoms with Crippen LogP contribution in [0, 0.1) is 11.3 Å². The van der Waals surface area contributed by atoms with Gasteiger partial charge in [-0.3, -0.25) is 0 Å². The van der Waals surface area contributed by atoms with Gasteiger partial charge in [-0.2, -0.15) is 0 Å². The van der Waals surface area contributed by atoms with Gasteiger partial charge in [0.2, 0.25) is 0 Å². The van der Waals surface area contributed by atoms with Crippen molar-refractivity contribution in [2.24, 2.45) is 11.3 Å². The minimum Gasteiger partial charge on any atom is -0.385 e. The first-order valence-electron chi connectivity index (χ1n) is 6.39. The average molecular weight is 213 g/mol. The van der Waals surface area contributed by atoms with E-state index < -0.39 is 0 Å². The highest BCUT2D eigenvalue weighted by Crippen LogP contribution is 2.43. The van der Waals surface area contributed by atoms with Crippen LogP contribution in [0.25, 0.3) is 0 Å². The number of methoxy groups -OCH3 is 1. The Morgan fingerprint density at radius 1 is 1.27 bits per heavy atom. The summed E-state index contributed by atoms with van der Waals surface area (Å²) < 4.78 is 5.21. The molecule has 1 N–H and O–H groups in total. The normalized spacial score (nSPS) is 22.6. The largest absolute Gasteiger partial charge is 0.385 e. The van der Waals surface area contributed by atoms with Crippen LogP contribution in [0.4, 0.5) is 0 Å². The fourth-order valence-electron chi connectivity index (χ4n) is 3.05. The summed E-state index contributed by atoms with van der Waals surface area (Å²) >= 11 is 0. The van der Waals surface area contributed by atoms with Gasteiger partial charge in [0, 0.05) is 20.3 Å². The van der Waals surface area contributed by atoms with Crippen molar-refractivity contribution >= 4 is 0 Å². The van der Waals surface area contributed by atoms with E-state index in [0.717, 1.165) is 12.5 Å². The lowest BCUT2D eigenvalue weighted by molar-refractivity contribution is 0.0758. The van der Waals surface area contributed by atoms with E-state index in [0.29, 0.717) is 5.41 Å². The van der Waals surface area contributed by atoms with Crippen molar-refractivity contribution in [1.29, 1.82) is 0 Å². The predicted molar refractivity (Wildman–Crippen MR) is 65.1 cm³/mol. The van der Waals surface area contributed by atoms with E-state index in [-0.39, 0.29) is 0 Å². The molecule has 1 aliphatic carbocycles. The fraction of sp³-hybridized carbons (Fsp3) is 1.00. The van der Waals surface area contributed by atoms with Crippen LogP contribution in [0.5, 0.6) is 0 Å². The molecule has 1 saturated carbocycles. The molecule has 0 bridgehead atoms. The van der Waals surface area contributed by atoms with Crippen molar-refractivity contribution in [3.63, 3.8) is 0 Å². The Hall–Kier alpha value is -0.0800. The highest BCUT2D eigenvalue weighted by atomic mass is 16.5. The van der Waals surface area contributed by atoms with E-state index in [4.69, 9.17) is 4.74 Å². The van der Waals surface area contributed by atoms with Crippen molar-refractivity contribution in [2.45, 2.75) is 45.4 Å². The van der Waals surface area contributed by atoms with E-state index in [1.807, 2.05) is 0 Å². The summed E-state index contributed by atoms with van der Waals surface area (Å²) in [5.74, 6) is 0.783. The molecule has 0 aromatic carbocycles. The van der Waals surface area contributed by atoms with Crippen LogP contribution >= 0.6 is 0 Å². The Balaban J connectivity index is 2.53. The molecule has 0 aromatic heterocycles. The first-order chi connectivity index (χ1) is 7.25. The van der Waals surface area contributed by atoms with Crippen LogP contribution < -0.4 is 5.32 Å². The smallest absolute Gasteiger partial charge is 0.0465 e. The van der Waals surface area contributed by atoms with Crippen molar-refractivity contribution in [3.8, 4) is 0 Å². The summed E-state index contributed by atoms with van der Waals surface area (Å²) in [6.07, 6.45) is 8.27. The zero-order chi connectivity index (χ0) is 11.1. The van der Waals surface area contributed by atoms with Gasteiger partial charge in [0.25, 0.3) is 0 Å². The summed E-state index contributed by atoms with van der Waals surface area (Å²) in [6.45, 7) is 4.49. The lowest BCUT2D eigenvalue weighted by atomic mass is 9.65. The molecule has 2 nitrogen and oxygen atoms in total. The molecule has 0 amide bonds. The molecule has 15 heavy (non-hydrogen) atoms. The lowest BCUT2D eigenvalue weighted by Gasteiger charge is -2.42. The maximum absolute atomic E-state index is 5.21. The Labute approximate surface area is 94.8 Å². The van der Waals surface area contributed by atoms with E-state index in [9.17, 15) is 0 Å². The highest BCUT2D eigenvalue weighted by Gasteiger charge is 2.36. The molecule has 0 saturated heterocycles. The maximum atomic E-state index is 5.21. The van der Waals surface area contributed by atoms with Gasteiger partial charge in [0.1, 0.15) is 0 Å². The van der Waals surface area contributed by atoms with Crippen LogP contribution in [0.3, 0.4) is 0 Å². The Bertz CT molecular complexity index is 158. The van der Waals surface area contributed by atoms with Gasteiger partial charge >= 0.3 is 0 Å². The van der Waals surface area contributed by atoms with Gasteiger partial charge in [0.05, 0.1) is 0 Å². The molecule has 0 aliphatic heterocycles. The summed E-state index contributed by atoms with van der Waals surface area (Å²) in [5, 5.41) is 3.39. The van der Waals surface area contributed by atoms with Gasteiger partial charge in [-0.25, -0.2) is 0 Å². The van der Waals surface area contributed by atoms with Gasteiger partial charge in [0.15, 0.2) is 0 Å². The molecule has 1 fully saturated rings. The van der Waals surface area contributed by atoms with Crippen molar-refractivity contribution in [3.05, 3.63) is 0 Å². The van der Waals surface area contributed by atoms with Gasteiger partial charge in [-0.05, 0) is 37.6 Å². The maximum Gasteiger partial charge on any atom is 0.0465 e. The molecule has 1 atom stereocenters. The van der Waals surface area contributed by atoms with Crippen molar-refractivity contribution < 1.29 is 4.74 Å². The van der Waals surface area contributed by atoms with Crippen LogP contribution in [0.1, 0.15) is 45.4 Å². The van der Waals surface area contributed by atoms with Crippen LogP contribution in [0.15, 0.2) is 0 Å². The average Bonchev–Trinajstić information content (AvgIpc) is 2.27. The number of hydrogen-bond acceptors (Lipinski definition) is 2. The molecular weight excluding hydrogens is 186 g/mol. The zero-order valence-corrected chi connectivity index (χ0v) is 10.6. The SMILES string of the molecule is CNCC1(C(C)CCOC)CCCCC1. The minimum absolute atomic E-state index is 0.547. The molecule has 0 aromatic rings. The number of nitrogens with one attached hydrogen (secondary N) is 1. The molecule has 0 spiro atoms. The lowest BCUT2D eigenvalue weighted by Crippen LogP contribution is -2.40. The second-order valence-corrected chi connectivity index (χ2v) is 5.14. The standard InChI is InChI=1S/C13H27NO/c1-12(7-10-15-3)13(11-14-2)8-5-4-6-9-13/h12,14H,4-11H2,1-3H3. The summed E-state index contributed by atoms with van der Waals surface area (Å²) in [7, 11) is 3.89. The molecule has 1 rings (SSSR count). The summed E-state index contributed by atoms with van der Waals surface area (Å²) in [6, 6.07) is 0. The Kier molecular flexibility index (Phi) is 5.62. The molecule has 2 heteroatoms. The quantitative estimate of drug-likeness (QED) is 0.732. The van der Waals surface area contributed by atoms with Crippen molar-refractivity contribution in [2.75, 3.05) is 27.3 Å². The van der Waals surface area contributed by atoms with Gasteiger partial charge < -0.3 is 10.1 Å². The Morgan fingerprint density at radius 3 is 2.47 bits per heavy atom. The first kappa shape index (κ1) is 13.0. The van der Waals surface area contributed by atoms with Crippen LogP contribution in [-0.4, -0.2) is 27.3 Å². The molecule has 1 unspecified atom stereocenters. The summed E-state index contributed by atoms with van der Waals surface area (Å²) in [4.78, 5) is 0. The third-order valence-corrected chi connectivity index (χ3v) is 4.18. The monoisotopic (exact) mass is 213 g/mol. The molecule has 0 heterocycles. The summed E-state index contributed by atoms with van der Waals surface area (Å²) in [5.41, 5.74) is 0.547. The number of hydrogen-bond donors (Lipinski definition) is 1. The minimum atomic E-state index is 0.547. The fourth-order valence-corrected chi connectivity index (χ4v) is 3.05. The molecule has 90 valence electrons. The van der Waals surface area contributed by atoms with E-state index in [2.05, 4.69) is 19.3 Å². The van der Waals surface area contributed by atoms with E-state index in [1.165, 1.54) is 45.1 Å². The van der Waals surface area contributed by atoms with E-state index in [1.54, 1.807) is 7.11 Å². The van der Waals surface area contributed by atoms with E-state index >= 15 is 0 Å². The highest BCUT2D eigenvalue weighted by molar-refractivity contribution is 4.88. The topological polar surface area (TPSA) is 21.3 Å². The molecule has 1 aliphatic rings. The number of rotatable bonds is 6.